The first-order chi connectivity index (χ1) is 10.0. The standard InChI is InChI=1S/C16H14FN3O/c1-9-10(2)18-13-7-6-11(8-12(9)13)16(21)20-15-5-3-4-14(17)19-15/h3-8,18H,1-2H3,(H,19,20,21). The Morgan fingerprint density at radius 3 is 2.81 bits per heavy atom. The average molecular weight is 283 g/mol. The van der Waals surface area contributed by atoms with Gasteiger partial charge in [-0.2, -0.15) is 4.39 Å². The number of carbonyl (C=O) groups excluding carboxylic acids is 1. The van der Waals surface area contributed by atoms with E-state index in [9.17, 15) is 9.18 Å². The molecule has 0 fully saturated rings. The van der Waals surface area contributed by atoms with Gasteiger partial charge in [-0.1, -0.05) is 6.07 Å². The van der Waals surface area contributed by atoms with E-state index >= 15 is 0 Å². The van der Waals surface area contributed by atoms with Gasteiger partial charge in [0.05, 0.1) is 0 Å². The number of amides is 1. The summed E-state index contributed by atoms with van der Waals surface area (Å²) in [7, 11) is 0. The fourth-order valence-electron chi connectivity index (χ4n) is 2.27. The van der Waals surface area contributed by atoms with Crippen molar-refractivity contribution in [1.29, 1.82) is 0 Å². The summed E-state index contributed by atoms with van der Waals surface area (Å²) in [5.41, 5.74) is 3.69. The fraction of sp³-hybridized carbons (Fsp3) is 0.125. The number of aromatic nitrogens is 2. The summed E-state index contributed by atoms with van der Waals surface area (Å²) < 4.78 is 13.0. The molecule has 1 aromatic carbocycles. The van der Waals surface area contributed by atoms with Gasteiger partial charge in [0.25, 0.3) is 5.91 Å². The Balaban J connectivity index is 1.92. The van der Waals surface area contributed by atoms with E-state index in [1.165, 1.54) is 12.1 Å². The molecule has 0 aliphatic heterocycles. The van der Waals surface area contributed by atoms with Gasteiger partial charge in [0, 0.05) is 22.2 Å². The van der Waals surface area contributed by atoms with E-state index in [2.05, 4.69) is 15.3 Å². The van der Waals surface area contributed by atoms with Gasteiger partial charge in [0.1, 0.15) is 5.82 Å². The van der Waals surface area contributed by atoms with Gasteiger partial charge in [-0.25, -0.2) is 4.98 Å². The van der Waals surface area contributed by atoms with Crippen LogP contribution in [-0.2, 0) is 0 Å². The molecular weight excluding hydrogens is 269 g/mol. The summed E-state index contributed by atoms with van der Waals surface area (Å²) in [5, 5.41) is 3.60. The Labute approximate surface area is 121 Å². The van der Waals surface area contributed by atoms with Crippen molar-refractivity contribution in [2.45, 2.75) is 13.8 Å². The number of anilines is 1. The molecule has 1 amide bonds. The predicted molar refractivity (Wildman–Crippen MR) is 79.9 cm³/mol. The van der Waals surface area contributed by atoms with Crippen molar-refractivity contribution in [2.75, 3.05) is 5.32 Å². The number of pyridine rings is 1. The summed E-state index contributed by atoms with van der Waals surface area (Å²) in [6.45, 7) is 4.00. The lowest BCUT2D eigenvalue weighted by Crippen LogP contribution is -2.13. The second-order valence-corrected chi connectivity index (χ2v) is 4.94. The number of benzene rings is 1. The second kappa shape index (κ2) is 5.01. The van der Waals surface area contributed by atoms with Gasteiger partial charge in [-0.05, 0) is 49.7 Å². The maximum absolute atomic E-state index is 13.0. The zero-order valence-electron chi connectivity index (χ0n) is 11.7. The summed E-state index contributed by atoms with van der Waals surface area (Å²) >= 11 is 0. The van der Waals surface area contributed by atoms with Crippen LogP contribution in [0.15, 0.2) is 36.4 Å². The number of nitrogens with one attached hydrogen (secondary N) is 2. The van der Waals surface area contributed by atoms with Crippen LogP contribution in [0.3, 0.4) is 0 Å². The van der Waals surface area contributed by atoms with Gasteiger partial charge in [-0.15, -0.1) is 0 Å². The molecule has 0 saturated heterocycles. The van der Waals surface area contributed by atoms with E-state index in [1.807, 2.05) is 26.0 Å². The van der Waals surface area contributed by atoms with Crippen LogP contribution >= 0.6 is 0 Å². The van der Waals surface area contributed by atoms with Crippen molar-refractivity contribution in [2.24, 2.45) is 0 Å². The third-order valence-corrected chi connectivity index (χ3v) is 3.53. The molecular formula is C16H14FN3O. The lowest BCUT2D eigenvalue weighted by Gasteiger charge is -2.04. The highest BCUT2D eigenvalue weighted by Gasteiger charge is 2.11. The second-order valence-electron chi connectivity index (χ2n) is 4.94. The zero-order valence-corrected chi connectivity index (χ0v) is 11.7. The van der Waals surface area contributed by atoms with Gasteiger partial charge in [0.2, 0.25) is 5.95 Å². The highest BCUT2D eigenvalue weighted by atomic mass is 19.1. The molecule has 0 radical (unpaired) electrons. The Morgan fingerprint density at radius 2 is 2.05 bits per heavy atom. The predicted octanol–water partition coefficient (Wildman–Crippen LogP) is 3.57. The summed E-state index contributed by atoms with van der Waals surface area (Å²) in [6, 6.07) is 9.69. The van der Waals surface area contributed by atoms with Crippen molar-refractivity contribution >= 4 is 22.6 Å². The molecule has 3 rings (SSSR count). The topological polar surface area (TPSA) is 57.8 Å². The molecule has 106 valence electrons. The molecule has 0 aliphatic carbocycles. The number of halogens is 1. The molecule has 21 heavy (non-hydrogen) atoms. The number of fused-ring (bicyclic) bond motifs is 1. The Bertz CT molecular complexity index is 839. The molecule has 2 N–H and O–H groups in total. The first-order valence-electron chi connectivity index (χ1n) is 6.57. The van der Waals surface area contributed by atoms with Gasteiger partial charge < -0.3 is 10.3 Å². The number of carbonyl (C=O) groups is 1. The number of hydrogen-bond acceptors (Lipinski definition) is 2. The third kappa shape index (κ3) is 2.50. The fourth-order valence-corrected chi connectivity index (χ4v) is 2.27. The van der Waals surface area contributed by atoms with Crippen molar-refractivity contribution in [3.05, 3.63) is 59.2 Å². The van der Waals surface area contributed by atoms with E-state index in [0.29, 0.717) is 5.56 Å². The first kappa shape index (κ1) is 13.3. The average Bonchev–Trinajstić information content (AvgIpc) is 2.74. The molecule has 2 heterocycles. The van der Waals surface area contributed by atoms with E-state index in [0.717, 1.165) is 22.2 Å². The third-order valence-electron chi connectivity index (χ3n) is 3.53. The minimum atomic E-state index is -0.625. The van der Waals surface area contributed by atoms with Crippen molar-refractivity contribution < 1.29 is 9.18 Å². The van der Waals surface area contributed by atoms with Crippen molar-refractivity contribution in [1.82, 2.24) is 9.97 Å². The van der Waals surface area contributed by atoms with Crippen LogP contribution < -0.4 is 5.32 Å². The van der Waals surface area contributed by atoms with Gasteiger partial charge in [0.15, 0.2) is 0 Å². The molecule has 0 bridgehead atoms. The zero-order chi connectivity index (χ0) is 15.0. The van der Waals surface area contributed by atoms with E-state index in [4.69, 9.17) is 0 Å². The molecule has 3 aromatic rings. The van der Waals surface area contributed by atoms with Crippen LogP contribution in [0.25, 0.3) is 10.9 Å². The largest absolute Gasteiger partial charge is 0.358 e. The molecule has 0 saturated carbocycles. The Hall–Kier alpha value is -2.69. The van der Waals surface area contributed by atoms with E-state index in [-0.39, 0.29) is 11.7 Å². The van der Waals surface area contributed by atoms with Crippen LogP contribution in [0.2, 0.25) is 0 Å². The molecule has 0 aliphatic rings. The van der Waals surface area contributed by atoms with Crippen LogP contribution in [0.1, 0.15) is 21.6 Å². The number of aromatic amines is 1. The maximum Gasteiger partial charge on any atom is 0.256 e. The summed E-state index contributed by atoms with van der Waals surface area (Å²) in [5.74, 6) is -0.740. The van der Waals surface area contributed by atoms with Crippen LogP contribution in [0, 0.1) is 19.8 Å². The lowest BCUT2D eigenvalue weighted by atomic mass is 10.1. The van der Waals surface area contributed by atoms with Crippen LogP contribution in [-0.4, -0.2) is 15.9 Å². The minimum absolute atomic E-state index is 0.196. The smallest absolute Gasteiger partial charge is 0.256 e. The minimum Gasteiger partial charge on any atom is -0.358 e. The Morgan fingerprint density at radius 1 is 1.24 bits per heavy atom. The molecule has 0 unspecified atom stereocenters. The molecule has 4 nitrogen and oxygen atoms in total. The number of H-pyrrole nitrogens is 1. The molecule has 5 heteroatoms. The number of hydrogen-bond donors (Lipinski definition) is 2. The highest BCUT2D eigenvalue weighted by molar-refractivity contribution is 6.06. The normalized spacial score (nSPS) is 10.8. The van der Waals surface area contributed by atoms with Gasteiger partial charge >= 0.3 is 0 Å². The number of nitrogens with zero attached hydrogens (tertiary/aromatic N) is 1. The SMILES string of the molecule is Cc1[nH]c2ccc(C(=O)Nc3cccc(F)n3)cc2c1C. The molecule has 0 atom stereocenters. The summed E-state index contributed by atoms with van der Waals surface area (Å²) in [4.78, 5) is 19.1. The maximum atomic E-state index is 13.0. The van der Waals surface area contributed by atoms with Gasteiger partial charge in [-0.3, -0.25) is 4.79 Å². The first-order valence-corrected chi connectivity index (χ1v) is 6.57. The number of aryl methyl sites for hydroxylation is 2. The van der Waals surface area contributed by atoms with Crippen LogP contribution in [0.4, 0.5) is 10.2 Å². The monoisotopic (exact) mass is 283 g/mol. The van der Waals surface area contributed by atoms with E-state index < -0.39 is 5.95 Å². The molecule has 2 aromatic heterocycles. The highest BCUT2D eigenvalue weighted by Crippen LogP contribution is 2.22. The quantitative estimate of drug-likeness (QED) is 0.706. The number of rotatable bonds is 2. The molecule has 0 spiro atoms. The van der Waals surface area contributed by atoms with Crippen molar-refractivity contribution in [3.8, 4) is 0 Å². The van der Waals surface area contributed by atoms with Crippen molar-refractivity contribution in [3.63, 3.8) is 0 Å². The summed E-state index contributed by atoms with van der Waals surface area (Å²) in [6.07, 6.45) is 0. The Kier molecular flexibility index (Phi) is 3.17. The lowest BCUT2D eigenvalue weighted by molar-refractivity contribution is 0.102. The van der Waals surface area contributed by atoms with E-state index in [1.54, 1.807) is 12.1 Å². The van der Waals surface area contributed by atoms with Crippen LogP contribution in [0.5, 0.6) is 0 Å².